The molecule has 13 heavy (non-hydrogen) atoms. The van der Waals surface area contributed by atoms with Gasteiger partial charge in [0.2, 0.25) is 0 Å². The lowest BCUT2D eigenvalue weighted by molar-refractivity contribution is -0.158. The minimum atomic E-state index is -0.434. The maximum atomic E-state index is 9.70. The first-order valence-electron chi connectivity index (χ1n) is 5.10. The predicted molar refractivity (Wildman–Crippen MR) is 46.0 cm³/mol. The minimum Gasteiger partial charge on any atom is -0.393 e. The van der Waals surface area contributed by atoms with E-state index in [0.717, 1.165) is 12.8 Å². The van der Waals surface area contributed by atoms with Crippen molar-refractivity contribution in [2.45, 2.75) is 50.8 Å². The topological polar surface area (TPSA) is 38.7 Å². The molecule has 0 aromatic heterocycles. The maximum absolute atomic E-state index is 9.70. The summed E-state index contributed by atoms with van der Waals surface area (Å²) >= 11 is 0. The highest BCUT2D eigenvalue weighted by molar-refractivity contribution is 5.06. The lowest BCUT2D eigenvalue weighted by Crippen LogP contribution is -2.36. The van der Waals surface area contributed by atoms with Gasteiger partial charge in [0.25, 0.3) is 0 Å². The molecular formula is C10H16O3. The Bertz CT molecular complexity index is 238. The second-order valence-corrected chi connectivity index (χ2v) is 5.03. The summed E-state index contributed by atoms with van der Waals surface area (Å²) in [6.45, 7) is 3.91. The van der Waals surface area contributed by atoms with Gasteiger partial charge in [0.05, 0.1) is 18.3 Å². The number of hydrogen-bond donors (Lipinski definition) is 1. The molecular weight excluding hydrogens is 168 g/mol. The number of aliphatic hydroxyl groups is 1. The molecule has 0 aromatic carbocycles. The maximum Gasteiger partial charge on any atom is 0.163 e. The van der Waals surface area contributed by atoms with Gasteiger partial charge < -0.3 is 14.6 Å². The van der Waals surface area contributed by atoms with Crippen molar-refractivity contribution < 1.29 is 14.6 Å². The summed E-state index contributed by atoms with van der Waals surface area (Å²) in [5.41, 5.74) is 0. The lowest BCUT2D eigenvalue weighted by atomic mass is 9.93. The zero-order valence-corrected chi connectivity index (χ0v) is 8.06. The molecule has 1 heterocycles. The highest BCUT2D eigenvalue weighted by atomic mass is 16.8. The van der Waals surface area contributed by atoms with E-state index < -0.39 is 5.79 Å². The van der Waals surface area contributed by atoms with E-state index >= 15 is 0 Å². The molecule has 0 radical (unpaired) electrons. The third kappa shape index (κ3) is 1.01. The summed E-state index contributed by atoms with van der Waals surface area (Å²) in [7, 11) is 0. The van der Waals surface area contributed by atoms with Crippen molar-refractivity contribution in [3.8, 4) is 0 Å². The summed E-state index contributed by atoms with van der Waals surface area (Å²) in [6, 6.07) is 0. The van der Waals surface area contributed by atoms with Gasteiger partial charge in [0.15, 0.2) is 5.79 Å². The Morgan fingerprint density at radius 1 is 1.15 bits per heavy atom. The molecule has 0 unspecified atom stereocenters. The van der Waals surface area contributed by atoms with E-state index in [1.54, 1.807) is 0 Å². The van der Waals surface area contributed by atoms with E-state index in [1.165, 1.54) is 0 Å². The number of hydrogen-bond acceptors (Lipinski definition) is 3. The zero-order valence-electron chi connectivity index (χ0n) is 8.06. The SMILES string of the molecule is CC1(C)O[C@@H]2[C@@H]3C[C@H]([C@@H]2O1)[C@H](O)C3. The second kappa shape index (κ2) is 2.27. The number of ether oxygens (including phenoxy) is 2. The Balaban J connectivity index is 1.87. The molecule has 3 heteroatoms. The van der Waals surface area contributed by atoms with E-state index in [-0.39, 0.29) is 18.3 Å². The van der Waals surface area contributed by atoms with Crippen LogP contribution in [0, 0.1) is 11.8 Å². The molecule has 3 aliphatic rings. The minimum absolute atomic E-state index is 0.149. The quantitative estimate of drug-likeness (QED) is 0.608. The molecule has 3 rings (SSSR count). The van der Waals surface area contributed by atoms with Gasteiger partial charge in [0, 0.05) is 5.92 Å². The Labute approximate surface area is 78.0 Å². The molecule has 2 aliphatic carbocycles. The van der Waals surface area contributed by atoms with Gasteiger partial charge in [-0.15, -0.1) is 0 Å². The predicted octanol–water partition coefficient (Wildman–Crippen LogP) is 0.907. The molecule has 74 valence electrons. The third-order valence-electron chi connectivity index (χ3n) is 3.66. The van der Waals surface area contributed by atoms with Crippen molar-refractivity contribution in [2.75, 3.05) is 0 Å². The normalized spacial score (nSPS) is 57.0. The van der Waals surface area contributed by atoms with Crippen LogP contribution in [0.5, 0.6) is 0 Å². The van der Waals surface area contributed by atoms with Crippen LogP contribution in [0.25, 0.3) is 0 Å². The van der Waals surface area contributed by atoms with Crippen molar-refractivity contribution in [1.29, 1.82) is 0 Å². The Kier molecular flexibility index (Phi) is 1.43. The van der Waals surface area contributed by atoms with Crippen LogP contribution in [0.1, 0.15) is 26.7 Å². The van der Waals surface area contributed by atoms with E-state index in [0.29, 0.717) is 11.8 Å². The van der Waals surface area contributed by atoms with Crippen LogP contribution in [-0.4, -0.2) is 29.2 Å². The van der Waals surface area contributed by atoms with Gasteiger partial charge in [-0.05, 0) is 32.6 Å². The molecule has 0 amide bonds. The van der Waals surface area contributed by atoms with Crippen LogP contribution >= 0.6 is 0 Å². The number of rotatable bonds is 0. The first kappa shape index (κ1) is 8.21. The van der Waals surface area contributed by atoms with Crippen molar-refractivity contribution in [1.82, 2.24) is 0 Å². The van der Waals surface area contributed by atoms with Crippen LogP contribution in [0.2, 0.25) is 0 Å². The molecule has 2 saturated carbocycles. The lowest BCUT2D eigenvalue weighted by Gasteiger charge is -2.25. The zero-order chi connectivity index (χ0) is 9.22. The smallest absolute Gasteiger partial charge is 0.163 e. The fraction of sp³-hybridized carbons (Fsp3) is 1.00. The summed E-state index contributed by atoms with van der Waals surface area (Å²) in [5, 5.41) is 9.70. The second-order valence-electron chi connectivity index (χ2n) is 5.03. The van der Waals surface area contributed by atoms with Crippen LogP contribution in [0.15, 0.2) is 0 Å². The van der Waals surface area contributed by atoms with Gasteiger partial charge >= 0.3 is 0 Å². The van der Waals surface area contributed by atoms with Crippen molar-refractivity contribution in [2.24, 2.45) is 11.8 Å². The van der Waals surface area contributed by atoms with Crippen molar-refractivity contribution >= 4 is 0 Å². The highest BCUT2D eigenvalue weighted by Crippen LogP contribution is 2.52. The van der Waals surface area contributed by atoms with Gasteiger partial charge in [-0.1, -0.05) is 0 Å². The molecule has 0 aromatic rings. The average Bonchev–Trinajstić information content (AvgIpc) is 2.56. The Morgan fingerprint density at radius 2 is 1.85 bits per heavy atom. The monoisotopic (exact) mass is 184 g/mol. The Hall–Kier alpha value is -0.120. The van der Waals surface area contributed by atoms with E-state index in [9.17, 15) is 5.11 Å². The third-order valence-corrected chi connectivity index (χ3v) is 3.66. The largest absolute Gasteiger partial charge is 0.393 e. The number of fused-ring (bicyclic) bond motifs is 5. The molecule has 3 fully saturated rings. The van der Waals surface area contributed by atoms with Crippen LogP contribution in [0.4, 0.5) is 0 Å². The fourth-order valence-electron chi connectivity index (χ4n) is 3.22. The number of aliphatic hydroxyl groups excluding tert-OH is 1. The Morgan fingerprint density at radius 3 is 2.62 bits per heavy atom. The average molecular weight is 184 g/mol. The summed E-state index contributed by atoms with van der Waals surface area (Å²) in [5.74, 6) is 0.430. The summed E-state index contributed by atoms with van der Waals surface area (Å²) in [4.78, 5) is 0. The molecule has 0 spiro atoms. The van der Waals surface area contributed by atoms with Gasteiger partial charge in [-0.2, -0.15) is 0 Å². The van der Waals surface area contributed by atoms with Crippen LogP contribution in [0.3, 0.4) is 0 Å². The van der Waals surface area contributed by atoms with Crippen molar-refractivity contribution in [3.05, 3.63) is 0 Å². The first-order valence-corrected chi connectivity index (χ1v) is 5.10. The van der Waals surface area contributed by atoms with E-state index in [4.69, 9.17) is 9.47 Å². The fourth-order valence-corrected chi connectivity index (χ4v) is 3.22. The van der Waals surface area contributed by atoms with Crippen LogP contribution in [-0.2, 0) is 9.47 Å². The molecule has 2 bridgehead atoms. The van der Waals surface area contributed by atoms with E-state index in [1.807, 2.05) is 13.8 Å². The van der Waals surface area contributed by atoms with E-state index in [2.05, 4.69) is 0 Å². The standard InChI is InChI=1S/C10H16O3/c1-10(2)12-8-5-3-6(7(11)4-5)9(8)13-10/h5-9,11H,3-4H2,1-2H3/t5-,6+,7-,8-,9+/m1/s1. The summed E-state index contributed by atoms with van der Waals surface area (Å²) in [6.07, 6.45) is 2.26. The van der Waals surface area contributed by atoms with Gasteiger partial charge in [-0.3, -0.25) is 0 Å². The summed E-state index contributed by atoms with van der Waals surface area (Å²) < 4.78 is 11.6. The molecule has 1 saturated heterocycles. The molecule has 3 nitrogen and oxygen atoms in total. The molecule has 1 N–H and O–H groups in total. The van der Waals surface area contributed by atoms with Gasteiger partial charge in [0.1, 0.15) is 0 Å². The molecule has 1 aliphatic heterocycles. The molecule has 5 atom stereocenters. The highest BCUT2D eigenvalue weighted by Gasteiger charge is 2.59. The first-order chi connectivity index (χ1) is 6.07. The van der Waals surface area contributed by atoms with Gasteiger partial charge in [-0.25, -0.2) is 0 Å². The van der Waals surface area contributed by atoms with Crippen LogP contribution < -0.4 is 0 Å². The van der Waals surface area contributed by atoms with Crippen molar-refractivity contribution in [3.63, 3.8) is 0 Å².